The van der Waals surface area contributed by atoms with E-state index in [1.54, 1.807) is 13.8 Å². The highest BCUT2D eigenvalue weighted by Crippen LogP contribution is 2.48. The van der Waals surface area contributed by atoms with E-state index in [2.05, 4.69) is 63.8 Å². The van der Waals surface area contributed by atoms with Crippen molar-refractivity contribution in [3.05, 3.63) is 24.2 Å². The van der Waals surface area contributed by atoms with Crippen LogP contribution in [-0.4, -0.2) is 79.1 Å². The van der Waals surface area contributed by atoms with Gasteiger partial charge in [0, 0.05) is 11.6 Å². The Kier molecular flexibility index (Phi) is 7.67. The summed E-state index contributed by atoms with van der Waals surface area (Å²) in [5, 5.41) is 12.1. The molecule has 0 spiro atoms. The van der Waals surface area contributed by atoms with Gasteiger partial charge in [0.25, 0.3) is 0 Å². The molecule has 42 heavy (non-hydrogen) atoms. The smallest absolute Gasteiger partial charge is 0.185 e. The maximum absolute atomic E-state index is 13.1. The topological polar surface area (TPSA) is 120 Å². The van der Waals surface area contributed by atoms with Crippen LogP contribution in [-0.2, 0) is 19.3 Å². The normalized spacial score (nSPS) is 19.9. The Morgan fingerprint density at radius 1 is 1.05 bits per heavy atom. The van der Waals surface area contributed by atoms with E-state index >= 15 is 0 Å². The van der Waals surface area contributed by atoms with E-state index in [0.29, 0.717) is 53.6 Å². The third-order valence-electron chi connectivity index (χ3n) is 9.66. The zero-order valence-electron chi connectivity index (χ0n) is 26.5. The Hall–Kier alpha value is -2.70. The lowest BCUT2D eigenvalue weighted by atomic mass is 10.0. The van der Waals surface area contributed by atoms with Crippen LogP contribution in [0.4, 0.5) is 5.82 Å². The fourth-order valence-electron chi connectivity index (χ4n) is 7.48. The molecule has 0 aromatic carbocycles. The van der Waals surface area contributed by atoms with Crippen molar-refractivity contribution in [1.29, 1.82) is 0 Å². The van der Waals surface area contributed by atoms with Crippen LogP contribution in [0.2, 0.25) is 16.6 Å². The van der Waals surface area contributed by atoms with E-state index in [1.165, 1.54) is 12.5 Å². The first kappa shape index (κ1) is 30.7. The number of sulfone groups is 1. The second-order valence-corrected chi connectivity index (χ2v) is 21.7. The van der Waals surface area contributed by atoms with Gasteiger partial charge in [-0.05, 0) is 49.7 Å². The second kappa shape index (κ2) is 10.5. The molecule has 1 saturated heterocycles. The van der Waals surface area contributed by atoms with Gasteiger partial charge < -0.3 is 23.7 Å². The van der Waals surface area contributed by atoms with Gasteiger partial charge in [-0.25, -0.2) is 23.4 Å². The first-order valence-electron chi connectivity index (χ1n) is 14.9. The summed E-state index contributed by atoms with van der Waals surface area (Å²) in [5.74, 6) is 1.08. The minimum absolute atomic E-state index is 0.00905. The van der Waals surface area contributed by atoms with Crippen molar-refractivity contribution >= 4 is 34.9 Å². The first-order valence-corrected chi connectivity index (χ1v) is 18.9. The van der Waals surface area contributed by atoms with E-state index < -0.39 is 22.8 Å². The van der Waals surface area contributed by atoms with Gasteiger partial charge in [0.2, 0.25) is 0 Å². The molecular formula is C30H45N5O5SSi. The molecule has 3 aromatic heterocycles. The summed E-state index contributed by atoms with van der Waals surface area (Å²) in [4.78, 5) is 16.8. The van der Waals surface area contributed by atoms with E-state index in [4.69, 9.17) is 24.4 Å². The number of hydrogen-bond acceptors (Lipinski definition) is 9. The maximum Gasteiger partial charge on any atom is 0.185 e. The van der Waals surface area contributed by atoms with Crippen molar-refractivity contribution in [2.75, 3.05) is 31.0 Å². The number of nitrogens with zero attached hydrogens (tertiary/aromatic N) is 5. The fraction of sp³-hybridized carbons (Fsp3) is 0.633. The zero-order chi connectivity index (χ0) is 30.9. The molecule has 0 radical (unpaired) electrons. The molecule has 230 valence electrons. The molecule has 0 saturated carbocycles. The van der Waals surface area contributed by atoms with E-state index in [0.717, 1.165) is 11.0 Å². The lowest BCUT2D eigenvalue weighted by Gasteiger charge is -2.45. The number of fused-ring (bicyclic) bond motifs is 4. The quantitative estimate of drug-likeness (QED) is 0.344. The number of aromatic hydroxyl groups is 1. The summed E-state index contributed by atoms with van der Waals surface area (Å²) in [7, 11) is -5.78. The van der Waals surface area contributed by atoms with Crippen LogP contribution in [0.1, 0.15) is 68.0 Å². The lowest BCUT2D eigenvalue weighted by molar-refractivity contribution is 0.0482. The molecule has 2 atom stereocenters. The summed E-state index contributed by atoms with van der Waals surface area (Å²) in [6, 6.07) is 1.91. The highest BCUT2D eigenvalue weighted by molar-refractivity contribution is 7.91. The second-order valence-electron chi connectivity index (χ2n) is 13.4. The van der Waals surface area contributed by atoms with Gasteiger partial charge in [0.05, 0.1) is 37.1 Å². The molecule has 3 aromatic rings. The van der Waals surface area contributed by atoms with Crippen LogP contribution < -0.4 is 9.64 Å². The highest BCUT2D eigenvalue weighted by Gasteiger charge is 2.47. The summed E-state index contributed by atoms with van der Waals surface area (Å²) in [6.45, 7) is 20.4. The Morgan fingerprint density at radius 2 is 1.69 bits per heavy atom. The first-order chi connectivity index (χ1) is 19.5. The highest BCUT2D eigenvalue weighted by atomic mass is 32.2. The average Bonchev–Trinajstić information content (AvgIpc) is 3.30. The predicted octanol–water partition coefficient (Wildman–Crippen LogP) is 5.49. The molecule has 5 rings (SSSR count). The summed E-state index contributed by atoms with van der Waals surface area (Å²) < 4.78 is 39.2. The molecule has 0 unspecified atom stereocenters. The van der Waals surface area contributed by atoms with Crippen LogP contribution in [0.5, 0.6) is 11.5 Å². The standard InChI is InChI=1S/C30H45N5O5SSi/c1-17(2)42(18(3)4,19(5)6)34-12-11-22-24(23(36)13-31-28(22)34)27-32-26(30(8,9)41(10,37)38)25-29(33-27)35-20(7)14-39-15-21(35)16-40-25/h11-13,17-21,36H,14-16H2,1-10H3/t20-,21+/m1/s1. The van der Waals surface area contributed by atoms with Crippen LogP contribution >= 0.6 is 0 Å². The molecule has 2 aliphatic rings. The molecule has 0 amide bonds. The average molecular weight is 616 g/mol. The van der Waals surface area contributed by atoms with Crippen molar-refractivity contribution in [2.45, 2.75) is 95.8 Å². The molecule has 5 heterocycles. The van der Waals surface area contributed by atoms with E-state index in [-0.39, 0.29) is 29.4 Å². The van der Waals surface area contributed by atoms with Crippen LogP contribution in [0.15, 0.2) is 18.5 Å². The van der Waals surface area contributed by atoms with Crippen molar-refractivity contribution in [2.24, 2.45) is 0 Å². The maximum atomic E-state index is 13.1. The minimum atomic E-state index is -3.61. The van der Waals surface area contributed by atoms with Gasteiger partial charge in [0.1, 0.15) is 28.4 Å². The Labute approximate surface area is 250 Å². The van der Waals surface area contributed by atoms with Gasteiger partial charge >= 0.3 is 0 Å². The molecule has 10 nitrogen and oxygen atoms in total. The van der Waals surface area contributed by atoms with Crippen molar-refractivity contribution < 1.29 is 23.0 Å². The number of rotatable bonds is 7. The lowest BCUT2D eigenvalue weighted by Crippen LogP contribution is -2.56. The number of morpholine rings is 1. The molecule has 0 aliphatic carbocycles. The minimum Gasteiger partial charge on any atom is -0.506 e. The molecule has 1 fully saturated rings. The van der Waals surface area contributed by atoms with E-state index in [9.17, 15) is 13.5 Å². The van der Waals surface area contributed by atoms with Gasteiger partial charge in [-0.2, -0.15) is 0 Å². The molecular weight excluding hydrogens is 571 g/mol. The zero-order valence-corrected chi connectivity index (χ0v) is 28.3. The third-order valence-corrected chi connectivity index (χ3v) is 18.4. The van der Waals surface area contributed by atoms with Gasteiger partial charge in [-0.15, -0.1) is 0 Å². The molecule has 1 N–H and O–H groups in total. The van der Waals surface area contributed by atoms with Gasteiger partial charge in [-0.1, -0.05) is 41.5 Å². The summed E-state index contributed by atoms with van der Waals surface area (Å²) >= 11 is 0. The monoisotopic (exact) mass is 615 g/mol. The molecule has 0 bridgehead atoms. The summed E-state index contributed by atoms with van der Waals surface area (Å²) in [5.41, 5.74) is 2.81. The number of aromatic nitrogens is 4. The molecule has 2 aliphatic heterocycles. The number of pyridine rings is 1. The van der Waals surface area contributed by atoms with Gasteiger partial charge in [-0.3, -0.25) is 0 Å². The van der Waals surface area contributed by atoms with Crippen LogP contribution in [0.25, 0.3) is 22.4 Å². The molecule has 12 heteroatoms. The fourth-order valence-corrected chi connectivity index (χ4v) is 14.5. The van der Waals surface area contributed by atoms with Crippen molar-refractivity contribution in [1.82, 2.24) is 19.2 Å². The Morgan fingerprint density at radius 3 is 2.29 bits per heavy atom. The summed E-state index contributed by atoms with van der Waals surface area (Å²) in [6.07, 6.45) is 4.78. The number of anilines is 1. The van der Waals surface area contributed by atoms with Crippen molar-refractivity contribution in [3.63, 3.8) is 0 Å². The van der Waals surface area contributed by atoms with Crippen LogP contribution in [0.3, 0.4) is 0 Å². The third kappa shape index (κ3) is 4.43. The predicted molar refractivity (Wildman–Crippen MR) is 169 cm³/mol. The number of hydrogen-bond donors (Lipinski definition) is 1. The van der Waals surface area contributed by atoms with Gasteiger partial charge in [0.15, 0.2) is 35.5 Å². The van der Waals surface area contributed by atoms with E-state index in [1.807, 2.05) is 6.07 Å². The Balaban J connectivity index is 1.84. The van der Waals surface area contributed by atoms with Crippen molar-refractivity contribution in [3.8, 4) is 22.9 Å². The largest absolute Gasteiger partial charge is 0.506 e. The SMILES string of the molecule is CC(C)[Si](C(C)C)(C(C)C)n1ccc2c(-c3nc4c(c(C(C)(C)S(C)(=O)=O)n3)OC[C@@H]3COC[C@@H](C)N43)c(O)cnc21. The van der Waals surface area contributed by atoms with Crippen LogP contribution in [0, 0.1) is 0 Å². The number of ether oxygens (including phenoxy) is 2. The Bertz CT molecular complexity index is 1600.